The van der Waals surface area contributed by atoms with Gasteiger partial charge in [-0.2, -0.15) is 4.98 Å². The van der Waals surface area contributed by atoms with Gasteiger partial charge in [-0.3, -0.25) is 4.79 Å². The molecule has 0 atom stereocenters. The summed E-state index contributed by atoms with van der Waals surface area (Å²) < 4.78 is 34.7. The van der Waals surface area contributed by atoms with Gasteiger partial charge in [-0.1, -0.05) is 35.9 Å². The Labute approximate surface area is 207 Å². The zero-order chi connectivity index (χ0) is 24.7. The molecule has 6 bridgehead atoms. The molecular formula is C25H19ClN4O4S. The lowest BCUT2D eigenvalue weighted by molar-refractivity contribution is 0.102. The third-order valence-electron chi connectivity index (χ3n) is 5.47. The maximum Gasteiger partial charge on any atom is 0.264 e. The number of aryl methyl sites for hydroxylation is 2. The van der Waals surface area contributed by atoms with Crippen LogP contribution in [0.5, 0.6) is 11.6 Å². The molecular weight excluding hydrogens is 488 g/mol. The summed E-state index contributed by atoms with van der Waals surface area (Å²) in [6.07, 6.45) is 0. The molecule has 4 aromatic rings. The molecule has 1 amide bonds. The largest absolute Gasteiger partial charge is 0.439 e. The predicted molar refractivity (Wildman–Crippen MR) is 134 cm³/mol. The fraction of sp³-hybridized carbons (Fsp3) is 0.0800. The minimum atomic E-state index is -4.08. The lowest BCUT2D eigenvalue weighted by Crippen LogP contribution is -2.17. The van der Waals surface area contributed by atoms with Crippen LogP contribution in [0.4, 0.5) is 11.6 Å². The first-order chi connectivity index (χ1) is 16.7. The number of halogens is 1. The van der Waals surface area contributed by atoms with Gasteiger partial charge in [0.05, 0.1) is 21.2 Å². The number of sulfonamides is 1. The van der Waals surface area contributed by atoms with E-state index in [0.717, 1.165) is 16.7 Å². The van der Waals surface area contributed by atoms with E-state index in [2.05, 4.69) is 20.0 Å². The van der Waals surface area contributed by atoms with Crippen molar-refractivity contribution >= 4 is 39.2 Å². The van der Waals surface area contributed by atoms with Gasteiger partial charge >= 0.3 is 0 Å². The van der Waals surface area contributed by atoms with Crippen LogP contribution >= 0.6 is 11.6 Å². The van der Waals surface area contributed by atoms with Crippen LogP contribution in [0.15, 0.2) is 71.6 Å². The molecule has 0 saturated carbocycles. The van der Waals surface area contributed by atoms with Crippen LogP contribution in [0.3, 0.4) is 0 Å². The highest BCUT2D eigenvalue weighted by atomic mass is 35.5. The summed E-state index contributed by atoms with van der Waals surface area (Å²) >= 11 is 6.27. The van der Waals surface area contributed by atoms with Crippen LogP contribution in [0.25, 0.3) is 11.3 Å². The van der Waals surface area contributed by atoms with Gasteiger partial charge in [-0.05, 0) is 61.4 Å². The molecule has 176 valence electrons. The summed E-state index contributed by atoms with van der Waals surface area (Å²) in [5.41, 5.74) is 3.67. The third-order valence-corrected chi connectivity index (χ3v) is 7.13. The number of fused-ring (bicyclic) bond motifs is 6. The molecule has 2 N–H and O–H groups in total. The van der Waals surface area contributed by atoms with Gasteiger partial charge in [-0.15, -0.1) is 0 Å². The summed E-state index contributed by atoms with van der Waals surface area (Å²) in [4.78, 5) is 21.6. The Morgan fingerprint density at radius 2 is 1.66 bits per heavy atom. The van der Waals surface area contributed by atoms with Crippen LogP contribution in [0, 0.1) is 13.8 Å². The Balaban J connectivity index is 1.74. The summed E-state index contributed by atoms with van der Waals surface area (Å²) in [5.74, 6) is -0.277. The number of anilines is 2. The highest BCUT2D eigenvalue weighted by molar-refractivity contribution is 7.92. The quantitative estimate of drug-likeness (QED) is 0.349. The Kier molecular flexibility index (Phi) is 5.66. The summed E-state index contributed by atoms with van der Waals surface area (Å²) in [6, 6.07) is 17.9. The smallest absolute Gasteiger partial charge is 0.264 e. The first kappa shape index (κ1) is 22.8. The van der Waals surface area contributed by atoms with E-state index in [1.54, 1.807) is 24.3 Å². The van der Waals surface area contributed by atoms with Crippen LogP contribution in [0.1, 0.15) is 21.5 Å². The van der Waals surface area contributed by atoms with E-state index < -0.39 is 15.9 Å². The van der Waals surface area contributed by atoms with Crippen molar-refractivity contribution in [3.8, 4) is 22.9 Å². The normalized spacial score (nSPS) is 14.2. The molecule has 5 rings (SSSR count). The lowest BCUT2D eigenvalue weighted by Gasteiger charge is -2.15. The first-order valence-corrected chi connectivity index (χ1v) is 12.4. The number of hydrogen-bond donors (Lipinski definition) is 2. The molecule has 0 fully saturated rings. The van der Waals surface area contributed by atoms with E-state index in [-0.39, 0.29) is 33.0 Å². The van der Waals surface area contributed by atoms with Crippen LogP contribution in [-0.4, -0.2) is 24.3 Å². The SMILES string of the molecule is Cc1cccc(C)c1-c1cc2nc(n1)NS(=O)(=O)c1cccc(c1)NC(=O)c1cc(ccc1Cl)O2. The standard InChI is InChI=1S/C25H19ClN4O4S/c1-14-5-3-6-15(2)23(14)21-13-22-29-25(28-21)30-35(32,33)18-8-4-7-16(11-18)27-24(31)19-12-17(34-22)9-10-20(19)26/h3-13H,1-2H3,(H,27,31)(H,28,29,30). The molecule has 1 aliphatic heterocycles. The summed E-state index contributed by atoms with van der Waals surface area (Å²) in [5, 5.41) is 2.89. The molecule has 0 saturated heterocycles. The fourth-order valence-electron chi connectivity index (χ4n) is 3.85. The average Bonchev–Trinajstić information content (AvgIpc) is 2.79. The average molecular weight is 507 g/mol. The fourth-order valence-corrected chi connectivity index (χ4v) is 5.04. The number of nitrogens with one attached hydrogen (secondary N) is 2. The van der Waals surface area contributed by atoms with E-state index in [0.29, 0.717) is 11.4 Å². The number of ether oxygens (including phenoxy) is 1. The summed E-state index contributed by atoms with van der Waals surface area (Å²) in [7, 11) is -4.08. The van der Waals surface area contributed by atoms with Gasteiger partial charge in [0.2, 0.25) is 11.8 Å². The van der Waals surface area contributed by atoms with E-state index in [9.17, 15) is 13.2 Å². The minimum Gasteiger partial charge on any atom is -0.439 e. The van der Waals surface area contributed by atoms with E-state index in [4.69, 9.17) is 16.3 Å². The Morgan fingerprint density at radius 1 is 0.914 bits per heavy atom. The van der Waals surface area contributed by atoms with Crippen molar-refractivity contribution in [2.45, 2.75) is 18.7 Å². The molecule has 1 aliphatic rings. The minimum absolute atomic E-state index is 0.0734. The number of amides is 1. The van der Waals surface area contributed by atoms with Crippen molar-refractivity contribution in [3.63, 3.8) is 0 Å². The number of rotatable bonds is 1. The van der Waals surface area contributed by atoms with Crippen molar-refractivity contribution in [1.82, 2.24) is 9.97 Å². The molecule has 1 aromatic heterocycles. The molecule has 0 unspecified atom stereocenters. The van der Waals surface area contributed by atoms with Crippen LogP contribution < -0.4 is 14.8 Å². The van der Waals surface area contributed by atoms with Crippen molar-refractivity contribution in [3.05, 3.63) is 88.4 Å². The molecule has 8 nitrogen and oxygen atoms in total. The maximum atomic E-state index is 13.2. The molecule has 0 radical (unpaired) electrons. The summed E-state index contributed by atoms with van der Waals surface area (Å²) in [6.45, 7) is 3.88. The zero-order valence-electron chi connectivity index (χ0n) is 18.7. The molecule has 0 spiro atoms. The second-order valence-corrected chi connectivity index (χ2v) is 10.1. The van der Waals surface area contributed by atoms with Crippen molar-refractivity contribution in [2.75, 3.05) is 10.0 Å². The van der Waals surface area contributed by atoms with Gasteiger partial charge in [-0.25, -0.2) is 18.1 Å². The molecule has 2 heterocycles. The number of hydrogen-bond acceptors (Lipinski definition) is 6. The lowest BCUT2D eigenvalue weighted by atomic mass is 10.00. The van der Waals surface area contributed by atoms with Gasteiger partial charge in [0.15, 0.2) is 0 Å². The van der Waals surface area contributed by atoms with Crippen molar-refractivity contribution in [2.24, 2.45) is 0 Å². The zero-order valence-corrected chi connectivity index (χ0v) is 20.2. The molecule has 0 aliphatic carbocycles. The van der Waals surface area contributed by atoms with Crippen molar-refractivity contribution < 1.29 is 17.9 Å². The van der Waals surface area contributed by atoms with Gasteiger partial charge in [0, 0.05) is 17.3 Å². The second kappa shape index (κ2) is 8.68. The molecule has 35 heavy (non-hydrogen) atoms. The Hall–Kier alpha value is -3.95. The van der Waals surface area contributed by atoms with E-state index in [1.165, 1.54) is 24.3 Å². The Morgan fingerprint density at radius 3 is 2.43 bits per heavy atom. The third kappa shape index (κ3) is 4.55. The topological polar surface area (TPSA) is 110 Å². The monoisotopic (exact) mass is 506 g/mol. The Bertz CT molecular complexity index is 1590. The van der Waals surface area contributed by atoms with Gasteiger partial charge in [0.25, 0.3) is 15.9 Å². The second-order valence-electron chi connectivity index (χ2n) is 8.01. The van der Waals surface area contributed by atoms with Gasteiger partial charge < -0.3 is 10.1 Å². The van der Waals surface area contributed by atoms with Gasteiger partial charge in [0.1, 0.15) is 5.75 Å². The number of carbonyl (C=O) groups excluding carboxylic acids is 1. The van der Waals surface area contributed by atoms with E-state index >= 15 is 0 Å². The molecule has 3 aromatic carbocycles. The maximum absolute atomic E-state index is 13.2. The number of benzene rings is 3. The van der Waals surface area contributed by atoms with Crippen LogP contribution in [-0.2, 0) is 10.0 Å². The molecule has 10 heteroatoms. The highest BCUT2D eigenvalue weighted by Gasteiger charge is 2.21. The number of aromatic nitrogens is 2. The predicted octanol–water partition coefficient (Wildman–Crippen LogP) is 5.57. The van der Waals surface area contributed by atoms with E-state index in [1.807, 2.05) is 32.0 Å². The van der Waals surface area contributed by atoms with Crippen molar-refractivity contribution in [1.29, 1.82) is 0 Å². The number of carbonyl (C=O) groups is 1. The number of nitrogens with zero attached hydrogens (tertiary/aromatic N) is 2. The highest BCUT2D eigenvalue weighted by Crippen LogP contribution is 2.32. The van der Waals surface area contributed by atoms with Crippen LogP contribution in [0.2, 0.25) is 5.02 Å². The first-order valence-electron chi connectivity index (χ1n) is 10.6.